The van der Waals surface area contributed by atoms with E-state index in [-0.39, 0.29) is 42.5 Å². The summed E-state index contributed by atoms with van der Waals surface area (Å²) in [7, 11) is 5.20. The second kappa shape index (κ2) is 14.6. The van der Waals surface area contributed by atoms with Crippen molar-refractivity contribution in [3.8, 4) is 0 Å². The number of carbonyl (C=O) groups is 1. The van der Waals surface area contributed by atoms with Crippen molar-refractivity contribution in [2.24, 2.45) is 4.99 Å². The number of furan rings is 1. The first-order valence-corrected chi connectivity index (χ1v) is 9.96. The molecule has 0 radical (unpaired) electrons. The Morgan fingerprint density at radius 2 is 2.10 bits per heavy atom. The zero-order valence-electron chi connectivity index (χ0n) is 17.8. The van der Waals surface area contributed by atoms with Crippen molar-refractivity contribution < 1.29 is 18.7 Å². The highest BCUT2D eigenvalue weighted by atomic mass is 127. The van der Waals surface area contributed by atoms with Gasteiger partial charge in [-0.3, -0.25) is 4.79 Å². The number of aliphatic imine (C=N–C) groups is 1. The molecule has 0 aromatic carbocycles. The first-order valence-electron chi connectivity index (χ1n) is 9.96. The molecule has 2 rings (SSSR count). The molecule has 29 heavy (non-hydrogen) atoms. The van der Waals surface area contributed by atoms with Gasteiger partial charge in [0.15, 0.2) is 5.96 Å². The summed E-state index contributed by atoms with van der Waals surface area (Å²) in [5.74, 6) is 1.70. The number of rotatable bonds is 10. The molecule has 0 aliphatic carbocycles. The van der Waals surface area contributed by atoms with Crippen molar-refractivity contribution in [3.05, 3.63) is 24.2 Å². The van der Waals surface area contributed by atoms with Crippen LogP contribution in [-0.2, 0) is 20.7 Å². The average Bonchev–Trinajstić information content (AvgIpc) is 3.21. The number of likely N-dealkylation sites (tertiary alicyclic amines) is 1. The second-order valence-corrected chi connectivity index (χ2v) is 7.09. The smallest absolute Gasteiger partial charge is 0.243 e. The zero-order chi connectivity index (χ0) is 20.2. The Labute approximate surface area is 191 Å². The van der Waals surface area contributed by atoms with E-state index in [1.54, 1.807) is 32.4 Å². The lowest BCUT2D eigenvalue weighted by molar-refractivity contribution is -0.127. The SMILES string of the molecule is COCCCOC1CCN(C(=NCC(=O)N(C)C)NCCc2ccco2)CC1.I. The van der Waals surface area contributed by atoms with Crippen LogP contribution in [0.3, 0.4) is 0 Å². The Kier molecular flexibility index (Phi) is 13.0. The lowest BCUT2D eigenvalue weighted by Crippen LogP contribution is -2.48. The second-order valence-electron chi connectivity index (χ2n) is 7.09. The number of ether oxygens (including phenoxy) is 2. The van der Waals surface area contributed by atoms with E-state index in [1.807, 2.05) is 12.1 Å². The van der Waals surface area contributed by atoms with Gasteiger partial charge in [0.25, 0.3) is 0 Å². The number of piperidine rings is 1. The third-order valence-electron chi connectivity index (χ3n) is 4.69. The van der Waals surface area contributed by atoms with Crippen LogP contribution in [0.5, 0.6) is 0 Å². The number of nitrogens with one attached hydrogen (secondary N) is 1. The number of guanidine groups is 1. The van der Waals surface area contributed by atoms with E-state index in [0.717, 1.165) is 63.7 Å². The minimum absolute atomic E-state index is 0. The van der Waals surface area contributed by atoms with Gasteiger partial charge in [0.2, 0.25) is 5.91 Å². The number of likely N-dealkylation sites (N-methyl/N-ethyl adjacent to an activating group) is 1. The lowest BCUT2D eigenvalue weighted by atomic mass is 10.1. The fraction of sp³-hybridized carbons (Fsp3) is 0.700. The highest BCUT2D eigenvalue weighted by molar-refractivity contribution is 14.0. The summed E-state index contributed by atoms with van der Waals surface area (Å²) in [6.07, 6.45) is 5.55. The predicted molar refractivity (Wildman–Crippen MR) is 124 cm³/mol. The number of hydrogen-bond donors (Lipinski definition) is 1. The number of nitrogens with zero attached hydrogens (tertiary/aromatic N) is 3. The molecule has 0 unspecified atom stereocenters. The summed E-state index contributed by atoms with van der Waals surface area (Å²) in [5, 5.41) is 3.38. The molecule has 8 nitrogen and oxygen atoms in total. The van der Waals surface area contributed by atoms with Crippen molar-refractivity contribution in [1.29, 1.82) is 0 Å². The van der Waals surface area contributed by atoms with Crippen molar-refractivity contribution in [2.75, 3.05) is 60.6 Å². The fourth-order valence-corrected chi connectivity index (χ4v) is 2.99. The zero-order valence-corrected chi connectivity index (χ0v) is 20.1. The topological polar surface area (TPSA) is 79.5 Å². The third-order valence-corrected chi connectivity index (χ3v) is 4.69. The van der Waals surface area contributed by atoms with Crippen LogP contribution in [0, 0.1) is 0 Å². The molecule has 1 aliphatic rings. The Morgan fingerprint density at radius 1 is 1.34 bits per heavy atom. The van der Waals surface area contributed by atoms with E-state index in [1.165, 1.54) is 0 Å². The summed E-state index contributed by atoms with van der Waals surface area (Å²) in [4.78, 5) is 20.3. The van der Waals surface area contributed by atoms with Crippen LogP contribution < -0.4 is 5.32 Å². The number of carbonyl (C=O) groups excluding carboxylic acids is 1. The predicted octanol–water partition coefficient (Wildman–Crippen LogP) is 1.99. The van der Waals surface area contributed by atoms with Gasteiger partial charge in [-0.05, 0) is 31.4 Å². The monoisotopic (exact) mass is 522 g/mol. The van der Waals surface area contributed by atoms with Crippen molar-refractivity contribution in [1.82, 2.24) is 15.1 Å². The van der Waals surface area contributed by atoms with Gasteiger partial charge in [-0.15, -0.1) is 24.0 Å². The molecular formula is C20H35IN4O4. The Bertz CT molecular complexity index is 587. The van der Waals surface area contributed by atoms with E-state index >= 15 is 0 Å². The summed E-state index contributed by atoms with van der Waals surface area (Å²) in [6.45, 7) is 4.03. The minimum Gasteiger partial charge on any atom is -0.469 e. The maximum atomic E-state index is 11.9. The van der Waals surface area contributed by atoms with Gasteiger partial charge >= 0.3 is 0 Å². The molecule has 2 heterocycles. The molecule has 1 fully saturated rings. The molecule has 1 N–H and O–H groups in total. The molecule has 1 saturated heterocycles. The molecule has 166 valence electrons. The Hall–Kier alpha value is -1.33. The summed E-state index contributed by atoms with van der Waals surface area (Å²) >= 11 is 0. The third kappa shape index (κ3) is 9.81. The van der Waals surface area contributed by atoms with Crippen LogP contribution in [0.1, 0.15) is 25.0 Å². The quantitative estimate of drug-likeness (QED) is 0.219. The van der Waals surface area contributed by atoms with E-state index in [2.05, 4.69) is 15.2 Å². The van der Waals surface area contributed by atoms with Gasteiger partial charge in [0.05, 0.1) is 12.4 Å². The number of hydrogen-bond acceptors (Lipinski definition) is 5. The molecule has 0 atom stereocenters. The van der Waals surface area contributed by atoms with Crippen LogP contribution in [0.15, 0.2) is 27.8 Å². The van der Waals surface area contributed by atoms with Crippen molar-refractivity contribution in [3.63, 3.8) is 0 Å². The van der Waals surface area contributed by atoms with Gasteiger partial charge in [0.1, 0.15) is 12.3 Å². The standard InChI is InChI=1S/C20H34N4O4.HI/c1-23(2)19(25)16-22-20(21-10-7-17-6-4-14-27-17)24-11-8-18(9-12-24)28-15-5-13-26-3;/h4,6,14,18H,5,7-13,15-16H2,1-3H3,(H,21,22);1H. The first-order chi connectivity index (χ1) is 13.6. The Morgan fingerprint density at radius 3 is 2.72 bits per heavy atom. The van der Waals surface area contributed by atoms with Gasteiger partial charge < -0.3 is 29.0 Å². The maximum Gasteiger partial charge on any atom is 0.243 e. The maximum absolute atomic E-state index is 11.9. The highest BCUT2D eigenvalue weighted by Crippen LogP contribution is 2.14. The molecule has 1 aromatic rings. The van der Waals surface area contributed by atoms with Crippen LogP contribution in [0.25, 0.3) is 0 Å². The lowest BCUT2D eigenvalue weighted by Gasteiger charge is -2.34. The minimum atomic E-state index is -0.0123. The molecule has 1 amide bonds. The van der Waals surface area contributed by atoms with Gasteiger partial charge in [0, 0.05) is 60.5 Å². The molecule has 0 spiro atoms. The molecule has 1 aliphatic heterocycles. The first kappa shape index (κ1) is 25.7. The highest BCUT2D eigenvalue weighted by Gasteiger charge is 2.22. The molecule has 1 aromatic heterocycles. The van der Waals surface area contributed by atoms with Crippen LogP contribution in [0.2, 0.25) is 0 Å². The van der Waals surface area contributed by atoms with Gasteiger partial charge in [-0.1, -0.05) is 0 Å². The summed E-state index contributed by atoms with van der Waals surface area (Å²) < 4.78 is 16.4. The van der Waals surface area contributed by atoms with Gasteiger partial charge in [-0.25, -0.2) is 4.99 Å². The van der Waals surface area contributed by atoms with Crippen LogP contribution >= 0.6 is 24.0 Å². The van der Waals surface area contributed by atoms with Crippen molar-refractivity contribution >= 4 is 35.8 Å². The fourth-order valence-electron chi connectivity index (χ4n) is 2.99. The Balaban J connectivity index is 0.00000420. The average molecular weight is 522 g/mol. The number of halogens is 1. The molecule has 9 heteroatoms. The molecule has 0 saturated carbocycles. The van der Waals surface area contributed by atoms with E-state index in [9.17, 15) is 4.79 Å². The van der Waals surface area contributed by atoms with E-state index in [0.29, 0.717) is 6.54 Å². The number of amides is 1. The largest absolute Gasteiger partial charge is 0.469 e. The van der Waals surface area contributed by atoms with E-state index in [4.69, 9.17) is 13.9 Å². The van der Waals surface area contributed by atoms with Crippen LogP contribution in [-0.4, -0.2) is 88.4 Å². The van der Waals surface area contributed by atoms with E-state index < -0.39 is 0 Å². The van der Waals surface area contributed by atoms with Crippen LogP contribution in [0.4, 0.5) is 0 Å². The number of methoxy groups -OCH3 is 1. The molecular weight excluding hydrogens is 487 g/mol. The molecule has 0 bridgehead atoms. The normalized spacial score (nSPS) is 15.1. The summed E-state index contributed by atoms with van der Waals surface area (Å²) in [5.41, 5.74) is 0. The summed E-state index contributed by atoms with van der Waals surface area (Å²) in [6, 6.07) is 3.85. The van der Waals surface area contributed by atoms with Crippen molar-refractivity contribution in [2.45, 2.75) is 31.8 Å². The van der Waals surface area contributed by atoms with Gasteiger partial charge in [-0.2, -0.15) is 0 Å².